The van der Waals surface area contributed by atoms with Gasteiger partial charge in [0.2, 0.25) is 15.9 Å². The van der Waals surface area contributed by atoms with Gasteiger partial charge in [-0.15, -0.1) is 0 Å². The summed E-state index contributed by atoms with van der Waals surface area (Å²) in [5, 5.41) is 3.18. The first-order valence-electron chi connectivity index (χ1n) is 8.13. The van der Waals surface area contributed by atoms with E-state index < -0.39 is 15.4 Å². The zero-order chi connectivity index (χ0) is 18.8. The van der Waals surface area contributed by atoms with E-state index in [0.717, 1.165) is 22.9 Å². The number of nitrogens with one attached hydrogen (secondary N) is 2. The molecule has 1 aliphatic rings. The molecule has 1 aliphatic carbocycles. The Bertz CT molecular complexity index is 930. The quantitative estimate of drug-likeness (QED) is 0.627. The Hall–Kier alpha value is -1.41. The molecule has 2 N–H and O–H groups in total. The number of amides is 1. The maximum Gasteiger partial charge on any atom is 0.240 e. The predicted molar refractivity (Wildman–Crippen MR) is 105 cm³/mol. The van der Waals surface area contributed by atoms with Crippen molar-refractivity contribution in [3.63, 3.8) is 0 Å². The molecule has 0 aliphatic heterocycles. The number of halogens is 2. The minimum Gasteiger partial charge on any atom is -0.354 e. The number of sulfonamides is 1. The lowest BCUT2D eigenvalue weighted by molar-refractivity contribution is -0.123. The van der Waals surface area contributed by atoms with Crippen LogP contribution in [0, 0.1) is 0 Å². The minimum absolute atomic E-state index is 0.0717. The van der Waals surface area contributed by atoms with Crippen LogP contribution in [0.1, 0.15) is 18.4 Å². The molecule has 5 nitrogen and oxygen atoms in total. The number of benzene rings is 2. The fourth-order valence-electron chi connectivity index (χ4n) is 2.81. The highest BCUT2D eigenvalue weighted by Crippen LogP contribution is 2.48. The SMILES string of the molecule is O=C(NCCNS(=O)(=O)c1cccc(Cl)c1)C1(c2cccc(Br)c2)CC1. The van der Waals surface area contributed by atoms with Crippen molar-refractivity contribution < 1.29 is 13.2 Å². The van der Waals surface area contributed by atoms with Crippen LogP contribution in [0.15, 0.2) is 57.9 Å². The minimum atomic E-state index is -3.65. The molecule has 0 atom stereocenters. The van der Waals surface area contributed by atoms with Crippen molar-refractivity contribution in [3.8, 4) is 0 Å². The molecule has 0 spiro atoms. The number of carbonyl (C=O) groups excluding carboxylic acids is 1. The Morgan fingerprint density at radius 2 is 1.85 bits per heavy atom. The molecular weight excluding hydrogens is 440 g/mol. The van der Waals surface area contributed by atoms with Crippen molar-refractivity contribution in [1.82, 2.24) is 10.0 Å². The topological polar surface area (TPSA) is 75.3 Å². The van der Waals surface area contributed by atoms with E-state index in [2.05, 4.69) is 26.0 Å². The zero-order valence-electron chi connectivity index (χ0n) is 13.8. The molecule has 1 fully saturated rings. The first kappa shape index (κ1) is 19.4. The summed E-state index contributed by atoms with van der Waals surface area (Å²) in [5.74, 6) is -0.0717. The maximum atomic E-state index is 12.6. The first-order valence-corrected chi connectivity index (χ1v) is 10.8. The number of hydrogen-bond acceptors (Lipinski definition) is 3. The van der Waals surface area contributed by atoms with Crippen molar-refractivity contribution in [2.45, 2.75) is 23.2 Å². The Kier molecular flexibility index (Phi) is 5.72. The molecule has 0 bridgehead atoms. The monoisotopic (exact) mass is 456 g/mol. The number of carbonyl (C=O) groups is 1. The molecule has 2 aromatic carbocycles. The van der Waals surface area contributed by atoms with Gasteiger partial charge in [0.05, 0.1) is 10.3 Å². The maximum absolute atomic E-state index is 12.6. The van der Waals surface area contributed by atoms with E-state index >= 15 is 0 Å². The summed E-state index contributed by atoms with van der Waals surface area (Å²) in [4.78, 5) is 12.7. The lowest BCUT2D eigenvalue weighted by Crippen LogP contribution is -2.39. The number of rotatable bonds is 7. The average Bonchev–Trinajstić information content (AvgIpc) is 3.40. The van der Waals surface area contributed by atoms with Gasteiger partial charge >= 0.3 is 0 Å². The highest BCUT2D eigenvalue weighted by Gasteiger charge is 2.51. The Morgan fingerprint density at radius 3 is 2.50 bits per heavy atom. The molecule has 0 heterocycles. The van der Waals surface area contributed by atoms with Gasteiger partial charge in [0.15, 0.2) is 0 Å². The summed E-state index contributed by atoms with van der Waals surface area (Å²) in [6.07, 6.45) is 1.59. The Balaban J connectivity index is 1.55. The Morgan fingerprint density at radius 1 is 1.12 bits per heavy atom. The van der Waals surface area contributed by atoms with Crippen LogP contribution in [0.25, 0.3) is 0 Å². The molecule has 2 aromatic rings. The molecular formula is C18H18BrClN2O3S. The molecule has 1 amide bonds. The smallest absolute Gasteiger partial charge is 0.240 e. The van der Waals surface area contributed by atoms with Crippen molar-refractivity contribution >= 4 is 43.5 Å². The third-order valence-electron chi connectivity index (χ3n) is 4.37. The second kappa shape index (κ2) is 7.68. The van der Waals surface area contributed by atoms with Crippen molar-refractivity contribution in [1.29, 1.82) is 0 Å². The Labute approximate surface area is 166 Å². The van der Waals surface area contributed by atoms with Gasteiger partial charge in [0.25, 0.3) is 0 Å². The number of hydrogen-bond donors (Lipinski definition) is 2. The molecule has 26 heavy (non-hydrogen) atoms. The van der Waals surface area contributed by atoms with Crippen molar-refractivity contribution in [2.75, 3.05) is 13.1 Å². The summed E-state index contributed by atoms with van der Waals surface area (Å²) in [6.45, 7) is 0.323. The van der Waals surface area contributed by atoms with Gasteiger partial charge in [0.1, 0.15) is 0 Å². The van der Waals surface area contributed by atoms with E-state index in [0.29, 0.717) is 5.02 Å². The van der Waals surface area contributed by atoms with E-state index in [1.165, 1.54) is 12.1 Å². The fraction of sp³-hybridized carbons (Fsp3) is 0.278. The summed E-state index contributed by atoms with van der Waals surface area (Å²) >= 11 is 9.25. The van der Waals surface area contributed by atoms with Crippen LogP contribution in [-0.4, -0.2) is 27.4 Å². The van der Waals surface area contributed by atoms with Gasteiger partial charge < -0.3 is 5.32 Å². The second-order valence-electron chi connectivity index (χ2n) is 6.20. The average molecular weight is 458 g/mol. The third kappa shape index (κ3) is 4.28. The van der Waals surface area contributed by atoms with Crippen LogP contribution in [0.4, 0.5) is 0 Å². The summed E-state index contributed by atoms with van der Waals surface area (Å²) in [6, 6.07) is 13.8. The standard InChI is InChI=1S/C18H18BrClN2O3S/c19-14-4-1-3-13(11-14)18(7-8-18)17(23)21-9-10-22-26(24,25)16-6-2-5-15(20)12-16/h1-6,11-12,22H,7-10H2,(H,21,23). The lowest BCUT2D eigenvalue weighted by atomic mass is 9.95. The molecule has 3 rings (SSSR count). The zero-order valence-corrected chi connectivity index (χ0v) is 17.0. The van der Waals surface area contributed by atoms with Crippen LogP contribution < -0.4 is 10.0 Å². The third-order valence-corrected chi connectivity index (χ3v) is 6.56. The van der Waals surface area contributed by atoms with Crippen LogP contribution in [-0.2, 0) is 20.2 Å². The van der Waals surface area contributed by atoms with Gasteiger partial charge in [-0.1, -0.05) is 45.7 Å². The molecule has 8 heteroatoms. The predicted octanol–water partition coefficient (Wildman–Crippen LogP) is 3.23. The van der Waals surface area contributed by atoms with Gasteiger partial charge in [-0.3, -0.25) is 4.79 Å². The summed E-state index contributed by atoms with van der Waals surface area (Å²) in [5.41, 5.74) is 0.485. The normalized spacial score (nSPS) is 15.5. The van der Waals surface area contributed by atoms with Gasteiger partial charge in [-0.05, 0) is 48.7 Å². The summed E-state index contributed by atoms with van der Waals surface area (Å²) < 4.78 is 27.8. The van der Waals surface area contributed by atoms with E-state index in [4.69, 9.17) is 11.6 Å². The fourth-order valence-corrected chi connectivity index (χ4v) is 4.54. The van der Waals surface area contributed by atoms with Crippen LogP contribution in [0.5, 0.6) is 0 Å². The molecule has 0 saturated heterocycles. The molecule has 0 radical (unpaired) electrons. The van der Waals surface area contributed by atoms with E-state index in [9.17, 15) is 13.2 Å². The van der Waals surface area contributed by atoms with Crippen LogP contribution in [0.3, 0.4) is 0 Å². The van der Waals surface area contributed by atoms with Crippen LogP contribution in [0.2, 0.25) is 5.02 Å². The molecule has 1 saturated carbocycles. The molecule has 138 valence electrons. The van der Waals surface area contributed by atoms with Gasteiger partial charge in [-0.2, -0.15) is 0 Å². The highest BCUT2D eigenvalue weighted by atomic mass is 79.9. The van der Waals surface area contributed by atoms with E-state index in [-0.39, 0.29) is 23.9 Å². The van der Waals surface area contributed by atoms with Gasteiger partial charge in [-0.25, -0.2) is 13.1 Å². The molecule has 0 unspecified atom stereocenters. The second-order valence-corrected chi connectivity index (χ2v) is 9.32. The van der Waals surface area contributed by atoms with Gasteiger partial charge in [0, 0.05) is 22.6 Å². The summed E-state index contributed by atoms with van der Waals surface area (Å²) in [7, 11) is -3.65. The van der Waals surface area contributed by atoms with E-state index in [1.54, 1.807) is 12.1 Å². The molecule has 0 aromatic heterocycles. The van der Waals surface area contributed by atoms with Crippen molar-refractivity contribution in [3.05, 3.63) is 63.6 Å². The van der Waals surface area contributed by atoms with Crippen LogP contribution >= 0.6 is 27.5 Å². The highest BCUT2D eigenvalue weighted by molar-refractivity contribution is 9.10. The lowest BCUT2D eigenvalue weighted by Gasteiger charge is -2.16. The largest absolute Gasteiger partial charge is 0.354 e. The van der Waals surface area contributed by atoms with Crippen molar-refractivity contribution in [2.24, 2.45) is 0 Å². The van der Waals surface area contributed by atoms with E-state index in [1.807, 2.05) is 24.3 Å². The first-order chi connectivity index (χ1) is 12.3.